The van der Waals surface area contributed by atoms with Crippen molar-refractivity contribution in [3.8, 4) is 11.5 Å². The summed E-state index contributed by atoms with van der Waals surface area (Å²) in [5, 5.41) is 31.5. The van der Waals surface area contributed by atoms with Crippen molar-refractivity contribution in [2.45, 2.75) is 45.2 Å². The van der Waals surface area contributed by atoms with Gasteiger partial charge >= 0.3 is 0 Å². The second-order valence-corrected chi connectivity index (χ2v) is 8.42. The molecular formula is C25H28O7. The molecule has 5 atom stereocenters. The monoisotopic (exact) mass is 440 g/mol. The van der Waals surface area contributed by atoms with E-state index in [0.717, 1.165) is 16.5 Å². The van der Waals surface area contributed by atoms with Gasteiger partial charge in [0.05, 0.1) is 25.1 Å². The molecular weight excluding hydrogens is 412 g/mol. The zero-order valence-electron chi connectivity index (χ0n) is 18.1. The molecule has 1 aromatic heterocycles. The molecule has 3 N–H and O–H groups in total. The molecule has 7 nitrogen and oxygen atoms in total. The summed E-state index contributed by atoms with van der Waals surface area (Å²) in [5.41, 5.74) is 1.86. The van der Waals surface area contributed by atoms with Gasteiger partial charge in [0.2, 0.25) is 6.29 Å². The van der Waals surface area contributed by atoms with E-state index in [0.29, 0.717) is 6.42 Å². The van der Waals surface area contributed by atoms with Crippen molar-refractivity contribution in [3.05, 3.63) is 59.9 Å². The second-order valence-electron chi connectivity index (χ2n) is 8.42. The van der Waals surface area contributed by atoms with E-state index in [-0.39, 0.29) is 47.7 Å². The van der Waals surface area contributed by atoms with Gasteiger partial charge in [0, 0.05) is 23.6 Å². The molecule has 0 saturated carbocycles. The van der Waals surface area contributed by atoms with E-state index in [1.54, 1.807) is 25.3 Å². The summed E-state index contributed by atoms with van der Waals surface area (Å²) in [6.07, 6.45) is 0.110. The van der Waals surface area contributed by atoms with Crippen LogP contribution >= 0.6 is 0 Å². The molecule has 1 saturated heterocycles. The number of furan rings is 1. The molecule has 2 aromatic carbocycles. The molecule has 32 heavy (non-hydrogen) atoms. The molecule has 1 aliphatic heterocycles. The number of aromatic hydroxyl groups is 1. The number of ether oxygens (including phenoxy) is 2. The maximum absolute atomic E-state index is 13.0. The van der Waals surface area contributed by atoms with Crippen LogP contribution in [-0.4, -0.2) is 46.2 Å². The third-order valence-electron chi connectivity index (χ3n) is 6.27. The number of phenols is 1. The average Bonchev–Trinajstić information content (AvgIpc) is 3.26. The molecule has 0 aliphatic carbocycles. The number of hydrogen-bond acceptors (Lipinski definition) is 7. The second kappa shape index (κ2) is 9.32. The van der Waals surface area contributed by atoms with Crippen molar-refractivity contribution in [1.29, 1.82) is 0 Å². The van der Waals surface area contributed by atoms with Gasteiger partial charge in [-0.15, -0.1) is 0 Å². The Hall–Kier alpha value is -2.87. The number of fused-ring (bicyclic) bond motifs is 1. The standard InChI is InChI=1S/C25H28O7/c1-14-22(13-26)32-25(15(2)24(14)29)31-21-5-3-4-18(27)23(21)19(28)8-6-16-7-9-20-17(12-16)10-11-30-20/h3-5,7,9-12,14-15,22,24-27,29H,6,8,13H2,1-2H3. The predicted molar refractivity (Wildman–Crippen MR) is 118 cm³/mol. The van der Waals surface area contributed by atoms with E-state index in [1.165, 1.54) is 6.07 Å². The van der Waals surface area contributed by atoms with Crippen LogP contribution in [0.2, 0.25) is 0 Å². The van der Waals surface area contributed by atoms with Gasteiger partial charge in [-0.2, -0.15) is 0 Å². The van der Waals surface area contributed by atoms with Crippen molar-refractivity contribution >= 4 is 16.8 Å². The van der Waals surface area contributed by atoms with Crippen molar-refractivity contribution < 1.29 is 34.0 Å². The molecule has 170 valence electrons. The van der Waals surface area contributed by atoms with E-state index >= 15 is 0 Å². The number of carbonyl (C=O) groups is 1. The fourth-order valence-corrected chi connectivity index (χ4v) is 4.20. The van der Waals surface area contributed by atoms with E-state index in [9.17, 15) is 20.1 Å². The fraction of sp³-hybridized carbons (Fsp3) is 0.400. The molecule has 0 amide bonds. The van der Waals surface area contributed by atoms with Crippen molar-refractivity contribution in [2.75, 3.05) is 6.61 Å². The Balaban J connectivity index is 1.51. The van der Waals surface area contributed by atoms with Gasteiger partial charge in [0.25, 0.3) is 0 Å². The van der Waals surface area contributed by atoms with Gasteiger partial charge in [-0.3, -0.25) is 4.79 Å². The lowest BCUT2D eigenvalue weighted by Gasteiger charge is -2.41. The quantitative estimate of drug-likeness (QED) is 0.481. The minimum Gasteiger partial charge on any atom is -0.507 e. The Labute approximate surface area is 186 Å². The lowest BCUT2D eigenvalue weighted by atomic mass is 9.86. The predicted octanol–water partition coefficient (Wildman–Crippen LogP) is 3.68. The molecule has 0 spiro atoms. The number of Topliss-reactive ketones (excluding diaryl/α,β-unsaturated/α-hetero) is 1. The van der Waals surface area contributed by atoms with Gasteiger partial charge in [0.15, 0.2) is 5.78 Å². The molecule has 0 bridgehead atoms. The highest BCUT2D eigenvalue weighted by Gasteiger charge is 2.42. The van der Waals surface area contributed by atoms with Crippen LogP contribution in [0.1, 0.15) is 36.2 Å². The first-order valence-corrected chi connectivity index (χ1v) is 10.8. The number of aryl methyl sites for hydroxylation is 1. The van der Waals surface area contributed by atoms with Crippen molar-refractivity contribution in [2.24, 2.45) is 11.8 Å². The lowest BCUT2D eigenvalue weighted by Crippen LogP contribution is -2.52. The minimum atomic E-state index is -0.866. The summed E-state index contributed by atoms with van der Waals surface area (Å²) < 4.78 is 17.1. The number of benzene rings is 2. The largest absolute Gasteiger partial charge is 0.507 e. The van der Waals surface area contributed by atoms with Gasteiger partial charge in [0.1, 0.15) is 22.6 Å². The summed E-state index contributed by atoms with van der Waals surface area (Å²) in [5.74, 6) is -0.890. The highest BCUT2D eigenvalue weighted by Crippen LogP contribution is 2.35. The summed E-state index contributed by atoms with van der Waals surface area (Å²) in [4.78, 5) is 13.0. The smallest absolute Gasteiger partial charge is 0.205 e. The lowest BCUT2D eigenvalue weighted by molar-refractivity contribution is -0.237. The SMILES string of the molecule is CC1C(CO)OC(Oc2cccc(O)c2C(=O)CCc2ccc3occc3c2)C(C)C1O. The number of rotatable bonds is 7. The van der Waals surface area contributed by atoms with Crippen LogP contribution in [0.4, 0.5) is 0 Å². The molecule has 4 rings (SSSR count). The number of ketones is 1. The molecule has 1 fully saturated rings. The molecule has 7 heteroatoms. The third-order valence-corrected chi connectivity index (χ3v) is 6.27. The molecule has 5 unspecified atom stereocenters. The van der Waals surface area contributed by atoms with Gasteiger partial charge in [-0.1, -0.05) is 26.0 Å². The third kappa shape index (κ3) is 4.37. The number of phenolic OH excluding ortho intramolecular Hbond substituents is 1. The van der Waals surface area contributed by atoms with E-state index in [1.807, 2.05) is 31.2 Å². The first-order chi connectivity index (χ1) is 15.4. The average molecular weight is 440 g/mol. The number of carbonyl (C=O) groups excluding carboxylic acids is 1. The number of aliphatic hydroxyl groups excluding tert-OH is 2. The highest BCUT2D eigenvalue weighted by atomic mass is 16.7. The van der Waals surface area contributed by atoms with Crippen LogP contribution in [-0.2, 0) is 11.2 Å². The summed E-state index contributed by atoms with van der Waals surface area (Å²) in [7, 11) is 0. The molecule has 0 radical (unpaired) electrons. The van der Waals surface area contributed by atoms with Gasteiger partial charge < -0.3 is 29.2 Å². The van der Waals surface area contributed by atoms with Crippen LogP contribution in [0.3, 0.4) is 0 Å². The maximum Gasteiger partial charge on any atom is 0.205 e. The summed E-state index contributed by atoms with van der Waals surface area (Å²) >= 11 is 0. The Morgan fingerprint density at radius 3 is 2.72 bits per heavy atom. The molecule has 3 aromatic rings. The first-order valence-electron chi connectivity index (χ1n) is 10.8. The van der Waals surface area contributed by atoms with Crippen LogP contribution in [0.15, 0.2) is 53.1 Å². The van der Waals surface area contributed by atoms with E-state index in [4.69, 9.17) is 13.9 Å². The summed E-state index contributed by atoms with van der Waals surface area (Å²) in [6, 6.07) is 12.3. The zero-order valence-corrected chi connectivity index (χ0v) is 18.1. The Bertz CT molecular complexity index is 1090. The fourth-order valence-electron chi connectivity index (χ4n) is 4.20. The van der Waals surface area contributed by atoms with Gasteiger partial charge in [-0.25, -0.2) is 0 Å². The van der Waals surface area contributed by atoms with Crippen LogP contribution in [0.5, 0.6) is 11.5 Å². The number of hydrogen-bond donors (Lipinski definition) is 3. The number of aliphatic hydroxyl groups is 2. The maximum atomic E-state index is 13.0. The highest BCUT2D eigenvalue weighted by molar-refractivity contribution is 6.01. The van der Waals surface area contributed by atoms with Crippen molar-refractivity contribution in [3.63, 3.8) is 0 Å². The van der Waals surface area contributed by atoms with Crippen molar-refractivity contribution in [1.82, 2.24) is 0 Å². The Kier molecular flexibility index (Phi) is 6.50. The molecule has 2 heterocycles. The summed E-state index contributed by atoms with van der Waals surface area (Å²) in [6.45, 7) is 3.34. The van der Waals surface area contributed by atoms with E-state index in [2.05, 4.69) is 0 Å². The molecule has 1 aliphatic rings. The van der Waals surface area contributed by atoms with Crippen LogP contribution in [0, 0.1) is 11.8 Å². The van der Waals surface area contributed by atoms with Crippen LogP contribution in [0.25, 0.3) is 11.0 Å². The zero-order chi connectivity index (χ0) is 22.8. The topological polar surface area (TPSA) is 109 Å². The van der Waals surface area contributed by atoms with E-state index < -0.39 is 18.5 Å². The Morgan fingerprint density at radius 2 is 1.94 bits per heavy atom. The van der Waals surface area contributed by atoms with Gasteiger partial charge in [-0.05, 0) is 42.3 Å². The first kappa shape index (κ1) is 22.3. The normalized spacial score (nSPS) is 25.7. The Morgan fingerprint density at radius 1 is 1.12 bits per heavy atom. The van der Waals surface area contributed by atoms with Crippen LogP contribution < -0.4 is 4.74 Å². The minimum absolute atomic E-state index is 0.0846.